The molecular formula is C21H31Cl2N3O2. The van der Waals surface area contributed by atoms with E-state index in [4.69, 9.17) is 10.5 Å². The van der Waals surface area contributed by atoms with Crippen molar-refractivity contribution in [1.82, 2.24) is 10.2 Å². The first-order valence-corrected chi connectivity index (χ1v) is 9.01. The van der Waals surface area contributed by atoms with E-state index in [1.54, 1.807) is 0 Å². The molecule has 0 atom stereocenters. The Balaban J connectivity index is 0.00000364. The molecule has 2 rings (SSSR count). The van der Waals surface area contributed by atoms with Crippen LogP contribution in [0, 0.1) is 0 Å². The first-order valence-electron chi connectivity index (χ1n) is 9.01. The second-order valence-corrected chi connectivity index (χ2v) is 6.62. The van der Waals surface area contributed by atoms with Crippen molar-refractivity contribution in [1.29, 1.82) is 0 Å². The van der Waals surface area contributed by atoms with Crippen LogP contribution in [0.2, 0.25) is 0 Å². The fourth-order valence-electron chi connectivity index (χ4n) is 2.57. The minimum Gasteiger partial charge on any atom is -0.494 e. The SMILES string of the molecule is CN(C)CCCOc1ccc(CNC(=O)CCc2ccccc2N)cc1.Cl.Cl. The molecule has 0 saturated carbocycles. The van der Waals surface area contributed by atoms with E-state index < -0.39 is 0 Å². The van der Waals surface area contributed by atoms with E-state index in [1.807, 2.05) is 48.5 Å². The summed E-state index contributed by atoms with van der Waals surface area (Å²) >= 11 is 0. The van der Waals surface area contributed by atoms with Crippen LogP contribution in [0.4, 0.5) is 5.69 Å². The topological polar surface area (TPSA) is 67.6 Å². The Morgan fingerprint density at radius 1 is 1.07 bits per heavy atom. The van der Waals surface area contributed by atoms with E-state index >= 15 is 0 Å². The summed E-state index contributed by atoms with van der Waals surface area (Å²) in [5, 5.41) is 2.95. The number of hydrogen-bond acceptors (Lipinski definition) is 4. The minimum atomic E-state index is 0. The normalized spacial score (nSPS) is 9.96. The monoisotopic (exact) mass is 427 g/mol. The number of carbonyl (C=O) groups is 1. The summed E-state index contributed by atoms with van der Waals surface area (Å²) in [6, 6.07) is 15.5. The van der Waals surface area contributed by atoms with Crippen LogP contribution in [0.25, 0.3) is 0 Å². The number of para-hydroxylation sites is 1. The van der Waals surface area contributed by atoms with Crippen LogP contribution in [-0.2, 0) is 17.8 Å². The summed E-state index contributed by atoms with van der Waals surface area (Å²) in [6.45, 7) is 2.24. The first-order chi connectivity index (χ1) is 12.5. The number of aryl methyl sites for hydroxylation is 1. The summed E-state index contributed by atoms with van der Waals surface area (Å²) < 4.78 is 5.71. The Bertz CT molecular complexity index is 694. The summed E-state index contributed by atoms with van der Waals surface area (Å²) in [7, 11) is 4.11. The summed E-state index contributed by atoms with van der Waals surface area (Å²) in [5.74, 6) is 0.885. The van der Waals surface area contributed by atoms with Gasteiger partial charge < -0.3 is 20.7 Å². The maximum atomic E-state index is 12.0. The lowest BCUT2D eigenvalue weighted by Gasteiger charge is -2.11. The molecule has 28 heavy (non-hydrogen) atoms. The van der Waals surface area contributed by atoms with Gasteiger partial charge in [-0.25, -0.2) is 0 Å². The number of nitrogens with zero attached hydrogens (tertiary/aromatic N) is 1. The van der Waals surface area contributed by atoms with Gasteiger partial charge >= 0.3 is 0 Å². The van der Waals surface area contributed by atoms with Crippen LogP contribution in [0.1, 0.15) is 24.0 Å². The van der Waals surface area contributed by atoms with Crippen molar-refractivity contribution in [2.45, 2.75) is 25.8 Å². The zero-order valence-electron chi connectivity index (χ0n) is 16.5. The van der Waals surface area contributed by atoms with E-state index in [0.29, 0.717) is 26.0 Å². The smallest absolute Gasteiger partial charge is 0.220 e. The van der Waals surface area contributed by atoms with E-state index in [0.717, 1.165) is 35.5 Å². The Kier molecular flexibility index (Phi) is 13.1. The fraction of sp³-hybridized carbons (Fsp3) is 0.381. The van der Waals surface area contributed by atoms with Crippen LogP contribution in [0.15, 0.2) is 48.5 Å². The molecule has 7 heteroatoms. The molecule has 5 nitrogen and oxygen atoms in total. The first kappa shape index (κ1) is 26.1. The molecule has 0 aliphatic carbocycles. The Labute approximate surface area is 180 Å². The molecule has 2 aromatic rings. The van der Waals surface area contributed by atoms with Crippen molar-refractivity contribution in [3.63, 3.8) is 0 Å². The lowest BCUT2D eigenvalue weighted by molar-refractivity contribution is -0.121. The van der Waals surface area contributed by atoms with E-state index in [9.17, 15) is 4.79 Å². The zero-order chi connectivity index (χ0) is 18.8. The highest BCUT2D eigenvalue weighted by Gasteiger charge is 2.05. The molecule has 1 amide bonds. The summed E-state index contributed by atoms with van der Waals surface area (Å²) in [5.41, 5.74) is 8.70. The number of anilines is 1. The number of nitrogens with two attached hydrogens (primary N) is 1. The number of nitrogens with one attached hydrogen (secondary N) is 1. The number of amides is 1. The van der Waals surface area contributed by atoms with E-state index in [1.165, 1.54) is 0 Å². The van der Waals surface area contributed by atoms with Gasteiger partial charge in [-0.2, -0.15) is 0 Å². The van der Waals surface area contributed by atoms with Gasteiger partial charge in [-0.15, -0.1) is 24.8 Å². The Morgan fingerprint density at radius 3 is 2.39 bits per heavy atom. The van der Waals surface area contributed by atoms with Gasteiger partial charge in [0, 0.05) is 25.2 Å². The van der Waals surface area contributed by atoms with Gasteiger partial charge in [0.05, 0.1) is 6.61 Å². The third-order valence-corrected chi connectivity index (χ3v) is 4.11. The standard InChI is InChI=1S/C21H29N3O2.2ClH/c1-24(2)14-5-15-26-19-11-8-17(9-12-19)16-23-21(25)13-10-18-6-3-4-7-20(18)22;;/h3-4,6-9,11-12H,5,10,13-16,22H2,1-2H3,(H,23,25);2*1H. The largest absolute Gasteiger partial charge is 0.494 e. The van der Waals surface area contributed by atoms with Crippen molar-refractivity contribution in [3.8, 4) is 5.75 Å². The second kappa shape index (κ2) is 14.1. The Hall–Kier alpha value is -1.95. The predicted octanol–water partition coefficient (Wildman–Crippen LogP) is 3.69. The maximum Gasteiger partial charge on any atom is 0.220 e. The molecule has 2 aromatic carbocycles. The molecule has 3 N–H and O–H groups in total. The average Bonchev–Trinajstić information content (AvgIpc) is 2.63. The third-order valence-electron chi connectivity index (χ3n) is 4.11. The van der Waals surface area contributed by atoms with Gasteiger partial charge in [0.25, 0.3) is 0 Å². The molecular weight excluding hydrogens is 397 g/mol. The number of benzene rings is 2. The van der Waals surface area contributed by atoms with Crippen molar-refractivity contribution in [3.05, 3.63) is 59.7 Å². The number of carbonyl (C=O) groups excluding carboxylic acids is 1. The van der Waals surface area contributed by atoms with Crippen molar-refractivity contribution >= 4 is 36.4 Å². The molecule has 0 fully saturated rings. The van der Waals surface area contributed by atoms with Crippen molar-refractivity contribution < 1.29 is 9.53 Å². The van der Waals surface area contributed by atoms with E-state index in [-0.39, 0.29) is 30.7 Å². The van der Waals surface area contributed by atoms with Crippen LogP contribution >= 0.6 is 24.8 Å². The maximum absolute atomic E-state index is 12.0. The molecule has 0 aromatic heterocycles. The van der Waals surface area contributed by atoms with Gasteiger partial charge in [0.1, 0.15) is 5.75 Å². The Morgan fingerprint density at radius 2 is 1.75 bits per heavy atom. The quantitative estimate of drug-likeness (QED) is 0.448. The lowest BCUT2D eigenvalue weighted by Crippen LogP contribution is -2.23. The molecule has 156 valence electrons. The van der Waals surface area contributed by atoms with Crippen LogP contribution < -0.4 is 15.8 Å². The molecule has 0 saturated heterocycles. The third kappa shape index (κ3) is 9.83. The van der Waals surface area contributed by atoms with Gasteiger partial charge in [0.2, 0.25) is 5.91 Å². The molecule has 0 aliphatic rings. The van der Waals surface area contributed by atoms with Gasteiger partial charge in [0.15, 0.2) is 0 Å². The molecule has 0 radical (unpaired) electrons. The molecule has 0 bridgehead atoms. The fourth-order valence-corrected chi connectivity index (χ4v) is 2.57. The summed E-state index contributed by atoms with van der Waals surface area (Å²) in [4.78, 5) is 14.2. The van der Waals surface area contributed by atoms with Crippen LogP contribution in [0.3, 0.4) is 0 Å². The molecule has 0 spiro atoms. The second-order valence-electron chi connectivity index (χ2n) is 6.62. The van der Waals surface area contributed by atoms with Crippen LogP contribution in [-0.4, -0.2) is 38.1 Å². The highest BCUT2D eigenvalue weighted by atomic mass is 35.5. The number of halogens is 2. The number of rotatable bonds is 10. The van der Waals surface area contributed by atoms with Gasteiger partial charge in [-0.05, 0) is 56.3 Å². The number of hydrogen-bond donors (Lipinski definition) is 2. The van der Waals surface area contributed by atoms with Gasteiger partial charge in [-0.3, -0.25) is 4.79 Å². The van der Waals surface area contributed by atoms with E-state index in [2.05, 4.69) is 24.3 Å². The zero-order valence-corrected chi connectivity index (χ0v) is 18.2. The highest BCUT2D eigenvalue weighted by Crippen LogP contribution is 2.14. The minimum absolute atomic E-state index is 0. The van der Waals surface area contributed by atoms with Gasteiger partial charge in [-0.1, -0.05) is 30.3 Å². The predicted molar refractivity (Wildman–Crippen MR) is 121 cm³/mol. The average molecular weight is 428 g/mol. The molecule has 0 aliphatic heterocycles. The number of nitrogen functional groups attached to an aromatic ring is 1. The number of ether oxygens (including phenoxy) is 1. The van der Waals surface area contributed by atoms with Crippen molar-refractivity contribution in [2.24, 2.45) is 0 Å². The van der Waals surface area contributed by atoms with Crippen LogP contribution in [0.5, 0.6) is 5.75 Å². The highest BCUT2D eigenvalue weighted by molar-refractivity contribution is 5.85. The summed E-state index contributed by atoms with van der Waals surface area (Å²) in [6.07, 6.45) is 2.08. The van der Waals surface area contributed by atoms with Crippen molar-refractivity contribution in [2.75, 3.05) is 33.0 Å². The lowest BCUT2D eigenvalue weighted by atomic mass is 10.1. The molecule has 0 unspecified atom stereocenters. The molecule has 0 heterocycles.